The Morgan fingerprint density at radius 2 is 1.94 bits per heavy atom. The van der Waals surface area contributed by atoms with E-state index in [1.54, 1.807) is 0 Å². The molecule has 0 aliphatic heterocycles. The monoisotopic (exact) mass is 247 g/mol. The lowest BCUT2D eigenvalue weighted by Gasteiger charge is -2.19. The Labute approximate surface area is 108 Å². The Kier molecular flexibility index (Phi) is 4.73. The van der Waals surface area contributed by atoms with E-state index in [-0.39, 0.29) is 17.2 Å². The molecule has 1 aromatic carbocycles. The van der Waals surface area contributed by atoms with Crippen LogP contribution in [-0.2, 0) is 4.79 Å². The highest BCUT2D eigenvalue weighted by Crippen LogP contribution is 2.26. The molecule has 0 saturated heterocycles. The van der Waals surface area contributed by atoms with Gasteiger partial charge in [-0.2, -0.15) is 0 Å². The highest BCUT2D eigenvalue weighted by molar-refractivity contribution is 7.78. The normalized spacial score (nSPS) is 12.6. The summed E-state index contributed by atoms with van der Waals surface area (Å²) in [5.74, 6) is 0.181. The van der Waals surface area contributed by atoms with Crippen LogP contribution in [0.3, 0.4) is 0 Å². The zero-order chi connectivity index (χ0) is 12.9. The van der Waals surface area contributed by atoms with E-state index in [1.165, 1.54) is 0 Å². The van der Waals surface area contributed by atoms with Crippen molar-refractivity contribution < 1.29 is 4.79 Å². The molecule has 1 aromatic rings. The van der Waals surface area contributed by atoms with Crippen LogP contribution in [0.5, 0.6) is 0 Å². The summed E-state index contributed by atoms with van der Waals surface area (Å²) in [5, 5.41) is 2.38. The maximum absolute atomic E-state index is 12.0. The number of nitrogens with zero attached hydrogens (tertiary/aromatic N) is 1. The van der Waals surface area contributed by atoms with Gasteiger partial charge < -0.3 is 0 Å². The SMILES string of the molecule is CC(C)(C)C(=O)CC(N=C=S)c1ccccc1. The van der Waals surface area contributed by atoms with Crippen molar-refractivity contribution in [2.45, 2.75) is 33.2 Å². The average molecular weight is 247 g/mol. The van der Waals surface area contributed by atoms with E-state index in [0.717, 1.165) is 5.56 Å². The largest absolute Gasteiger partial charge is 0.299 e. The summed E-state index contributed by atoms with van der Waals surface area (Å²) in [7, 11) is 0. The third-order valence-corrected chi connectivity index (χ3v) is 2.71. The zero-order valence-corrected chi connectivity index (χ0v) is 11.3. The molecule has 3 heteroatoms. The predicted molar refractivity (Wildman–Crippen MR) is 73.3 cm³/mol. The molecule has 0 spiro atoms. The van der Waals surface area contributed by atoms with Gasteiger partial charge in [-0.1, -0.05) is 51.1 Å². The number of Topliss-reactive ketones (excluding diaryl/α,β-unsaturated/α-hetero) is 1. The van der Waals surface area contributed by atoms with E-state index in [2.05, 4.69) is 22.4 Å². The number of hydrogen-bond donors (Lipinski definition) is 0. The van der Waals surface area contributed by atoms with Gasteiger partial charge in [-0.3, -0.25) is 4.79 Å². The highest BCUT2D eigenvalue weighted by atomic mass is 32.1. The van der Waals surface area contributed by atoms with E-state index in [9.17, 15) is 4.79 Å². The minimum atomic E-state index is -0.343. The van der Waals surface area contributed by atoms with E-state index in [4.69, 9.17) is 0 Å². The van der Waals surface area contributed by atoms with E-state index >= 15 is 0 Å². The number of thiocarbonyl (C=S) groups is 1. The lowest BCUT2D eigenvalue weighted by Crippen LogP contribution is -2.21. The highest BCUT2D eigenvalue weighted by Gasteiger charge is 2.25. The fraction of sp³-hybridized carbons (Fsp3) is 0.429. The van der Waals surface area contributed by atoms with Crippen LogP contribution in [0.25, 0.3) is 0 Å². The molecule has 1 unspecified atom stereocenters. The van der Waals surface area contributed by atoms with E-state index in [0.29, 0.717) is 6.42 Å². The summed E-state index contributed by atoms with van der Waals surface area (Å²) < 4.78 is 0. The molecular formula is C14H17NOS. The van der Waals surface area contributed by atoms with Crippen LogP contribution in [0, 0.1) is 5.41 Å². The Morgan fingerprint density at radius 3 is 2.41 bits per heavy atom. The summed E-state index contributed by atoms with van der Waals surface area (Å²) in [6.07, 6.45) is 0.372. The molecule has 0 radical (unpaired) electrons. The molecule has 0 N–H and O–H groups in total. The van der Waals surface area contributed by atoms with Gasteiger partial charge in [-0.05, 0) is 17.8 Å². The van der Waals surface area contributed by atoms with Gasteiger partial charge in [0.2, 0.25) is 0 Å². The second-order valence-electron chi connectivity index (χ2n) is 5.02. The smallest absolute Gasteiger partial charge is 0.140 e. The topological polar surface area (TPSA) is 29.4 Å². The molecule has 0 saturated carbocycles. The first-order valence-electron chi connectivity index (χ1n) is 5.60. The van der Waals surface area contributed by atoms with Crippen LogP contribution >= 0.6 is 12.2 Å². The Morgan fingerprint density at radius 1 is 1.35 bits per heavy atom. The summed E-state index contributed by atoms with van der Waals surface area (Å²) in [6, 6.07) is 9.51. The summed E-state index contributed by atoms with van der Waals surface area (Å²) in [6.45, 7) is 5.75. The molecule has 90 valence electrons. The van der Waals surface area contributed by atoms with Gasteiger partial charge in [0, 0.05) is 11.8 Å². The maximum atomic E-state index is 12.0. The second-order valence-corrected chi connectivity index (χ2v) is 5.21. The minimum Gasteiger partial charge on any atom is -0.299 e. The molecular weight excluding hydrogens is 230 g/mol. The standard InChI is InChI=1S/C14H17NOS/c1-14(2,3)13(16)9-12(15-10-17)11-7-5-4-6-8-11/h4-8,12H,9H2,1-3H3. The van der Waals surface area contributed by atoms with Gasteiger partial charge in [0.25, 0.3) is 0 Å². The number of aliphatic imine (C=N–C) groups is 1. The zero-order valence-electron chi connectivity index (χ0n) is 10.4. The molecule has 0 bridgehead atoms. The molecule has 1 rings (SSSR count). The molecule has 0 aliphatic carbocycles. The van der Waals surface area contributed by atoms with E-state index in [1.807, 2.05) is 51.1 Å². The summed E-state index contributed by atoms with van der Waals surface area (Å²) >= 11 is 4.65. The van der Waals surface area contributed by atoms with Crippen molar-refractivity contribution in [3.63, 3.8) is 0 Å². The third-order valence-electron chi connectivity index (χ3n) is 2.61. The molecule has 0 fully saturated rings. The van der Waals surface area contributed by atoms with Crippen molar-refractivity contribution in [1.82, 2.24) is 0 Å². The molecule has 2 nitrogen and oxygen atoms in total. The van der Waals surface area contributed by atoms with Gasteiger partial charge in [0.15, 0.2) is 0 Å². The Balaban J connectivity index is 2.89. The van der Waals surface area contributed by atoms with Crippen molar-refractivity contribution in [2.75, 3.05) is 0 Å². The minimum absolute atomic E-state index is 0.181. The van der Waals surface area contributed by atoms with Gasteiger partial charge in [0.1, 0.15) is 5.78 Å². The number of isothiocyanates is 1. The quantitative estimate of drug-likeness (QED) is 0.597. The van der Waals surface area contributed by atoms with Gasteiger partial charge in [-0.25, -0.2) is 4.99 Å². The molecule has 0 aromatic heterocycles. The molecule has 17 heavy (non-hydrogen) atoms. The molecule has 0 aliphatic rings. The number of hydrogen-bond acceptors (Lipinski definition) is 3. The van der Waals surface area contributed by atoms with Crippen LogP contribution < -0.4 is 0 Å². The number of rotatable bonds is 4. The van der Waals surface area contributed by atoms with Crippen LogP contribution in [0.15, 0.2) is 35.3 Å². The van der Waals surface area contributed by atoms with Crippen LogP contribution in [0.1, 0.15) is 38.8 Å². The van der Waals surface area contributed by atoms with Crippen LogP contribution in [0.4, 0.5) is 0 Å². The van der Waals surface area contributed by atoms with Gasteiger partial charge in [0.05, 0.1) is 11.2 Å². The second kappa shape index (κ2) is 5.85. The third kappa shape index (κ3) is 4.22. The van der Waals surface area contributed by atoms with Crippen molar-refractivity contribution in [3.8, 4) is 0 Å². The first-order valence-corrected chi connectivity index (χ1v) is 6.01. The van der Waals surface area contributed by atoms with Crippen molar-refractivity contribution in [3.05, 3.63) is 35.9 Å². The predicted octanol–water partition coefficient (Wildman–Crippen LogP) is 3.84. The van der Waals surface area contributed by atoms with Gasteiger partial charge >= 0.3 is 0 Å². The number of benzene rings is 1. The first kappa shape index (κ1) is 13.8. The summed E-state index contributed by atoms with van der Waals surface area (Å²) in [5.41, 5.74) is 0.659. The van der Waals surface area contributed by atoms with Crippen molar-refractivity contribution in [1.29, 1.82) is 0 Å². The van der Waals surface area contributed by atoms with Crippen molar-refractivity contribution in [2.24, 2.45) is 10.4 Å². The number of ketones is 1. The molecule has 0 heterocycles. The summed E-state index contributed by atoms with van der Waals surface area (Å²) in [4.78, 5) is 16.1. The van der Waals surface area contributed by atoms with Crippen LogP contribution in [-0.4, -0.2) is 10.9 Å². The fourth-order valence-electron chi connectivity index (χ4n) is 1.46. The lowest BCUT2D eigenvalue weighted by molar-refractivity contribution is -0.126. The number of carbonyl (C=O) groups excluding carboxylic acids is 1. The lowest BCUT2D eigenvalue weighted by atomic mass is 9.86. The number of carbonyl (C=O) groups is 1. The Bertz CT molecular complexity index is 427. The van der Waals surface area contributed by atoms with Gasteiger partial charge in [-0.15, -0.1) is 0 Å². The fourth-order valence-corrected chi connectivity index (χ4v) is 1.59. The molecule has 0 amide bonds. The van der Waals surface area contributed by atoms with E-state index < -0.39 is 0 Å². The maximum Gasteiger partial charge on any atom is 0.140 e. The average Bonchev–Trinajstić information content (AvgIpc) is 2.28. The Hall–Kier alpha value is -1.31. The molecule has 1 atom stereocenters. The first-order chi connectivity index (χ1) is 7.95. The van der Waals surface area contributed by atoms with Crippen LogP contribution in [0.2, 0.25) is 0 Å². The van der Waals surface area contributed by atoms with Crippen molar-refractivity contribution >= 4 is 23.2 Å².